The van der Waals surface area contributed by atoms with Crippen molar-refractivity contribution in [2.24, 2.45) is 5.92 Å². The molecule has 0 aromatic heterocycles. The monoisotopic (exact) mass is 435 g/mol. The molecular formula is C29H41NO2. The molecule has 1 N–H and O–H groups in total. The van der Waals surface area contributed by atoms with Gasteiger partial charge in [-0.05, 0) is 40.3 Å². The standard InChI is InChI=1S/C23H27N.C4H8O2.C2H6/c1-3-19(2)16-24(17-20-9-5-4-6-10-20)18-21-13-14-22-11-7-8-12-23(22)15-21;1-2-3-4(5)6;1-2/h4-15,19H,3,16-18H2,1-2H3;2-3H2,1H3,(H,5,6);1-2H3. The van der Waals surface area contributed by atoms with Crippen LogP contribution in [0.2, 0.25) is 0 Å². The molecule has 1 unspecified atom stereocenters. The highest BCUT2D eigenvalue weighted by Gasteiger charge is 2.11. The van der Waals surface area contributed by atoms with Crippen LogP contribution in [0.5, 0.6) is 0 Å². The number of aliphatic carboxylic acids is 1. The average Bonchev–Trinajstić information content (AvgIpc) is 2.81. The van der Waals surface area contributed by atoms with Gasteiger partial charge in [-0.1, -0.05) is 108 Å². The molecular weight excluding hydrogens is 394 g/mol. The normalized spacial score (nSPS) is 11.2. The number of carbonyl (C=O) groups is 1. The summed E-state index contributed by atoms with van der Waals surface area (Å²) in [5.41, 5.74) is 2.79. The Balaban J connectivity index is 0.000000556. The van der Waals surface area contributed by atoms with E-state index in [1.54, 1.807) is 0 Å². The summed E-state index contributed by atoms with van der Waals surface area (Å²) >= 11 is 0. The Bertz CT molecular complexity index is 892. The van der Waals surface area contributed by atoms with Gasteiger partial charge in [0.25, 0.3) is 0 Å². The van der Waals surface area contributed by atoms with Gasteiger partial charge in [-0.15, -0.1) is 0 Å². The molecule has 3 nitrogen and oxygen atoms in total. The summed E-state index contributed by atoms with van der Waals surface area (Å²) in [6.07, 6.45) is 2.25. The Morgan fingerprint density at radius 2 is 1.44 bits per heavy atom. The number of hydrogen-bond acceptors (Lipinski definition) is 2. The predicted molar refractivity (Wildman–Crippen MR) is 138 cm³/mol. The Morgan fingerprint density at radius 1 is 0.844 bits per heavy atom. The van der Waals surface area contributed by atoms with Gasteiger partial charge in [0.05, 0.1) is 0 Å². The first-order valence-corrected chi connectivity index (χ1v) is 12.0. The highest BCUT2D eigenvalue weighted by atomic mass is 16.4. The minimum atomic E-state index is -0.711. The van der Waals surface area contributed by atoms with Gasteiger partial charge in [0.1, 0.15) is 0 Å². The molecule has 0 saturated heterocycles. The van der Waals surface area contributed by atoms with Gasteiger partial charge in [0.15, 0.2) is 0 Å². The lowest BCUT2D eigenvalue weighted by molar-refractivity contribution is -0.137. The van der Waals surface area contributed by atoms with Crippen molar-refractivity contribution in [3.05, 3.63) is 83.9 Å². The molecule has 0 saturated carbocycles. The fourth-order valence-corrected chi connectivity index (χ4v) is 3.41. The molecule has 32 heavy (non-hydrogen) atoms. The number of nitrogens with zero attached hydrogens (tertiary/aromatic N) is 1. The van der Waals surface area contributed by atoms with Crippen LogP contribution in [0.15, 0.2) is 72.8 Å². The van der Waals surface area contributed by atoms with Crippen LogP contribution < -0.4 is 0 Å². The van der Waals surface area contributed by atoms with E-state index in [0.717, 1.165) is 26.1 Å². The SMILES string of the molecule is CC.CCC(C)CN(Cc1ccccc1)Cc1ccc2ccccc2c1.CCCC(=O)O. The van der Waals surface area contributed by atoms with E-state index in [9.17, 15) is 4.79 Å². The van der Waals surface area contributed by atoms with Crippen molar-refractivity contribution in [1.82, 2.24) is 4.90 Å². The third-order valence-corrected chi connectivity index (χ3v) is 5.20. The van der Waals surface area contributed by atoms with E-state index in [0.29, 0.717) is 12.3 Å². The van der Waals surface area contributed by atoms with E-state index < -0.39 is 5.97 Å². The number of rotatable bonds is 9. The van der Waals surface area contributed by atoms with Crippen LogP contribution in [0.3, 0.4) is 0 Å². The topological polar surface area (TPSA) is 40.5 Å². The average molecular weight is 436 g/mol. The van der Waals surface area contributed by atoms with Gasteiger partial charge >= 0.3 is 5.97 Å². The van der Waals surface area contributed by atoms with Gasteiger partial charge in [0, 0.05) is 26.1 Å². The summed E-state index contributed by atoms with van der Waals surface area (Å²) in [4.78, 5) is 12.2. The highest BCUT2D eigenvalue weighted by Crippen LogP contribution is 2.19. The minimum Gasteiger partial charge on any atom is -0.481 e. The molecule has 3 heteroatoms. The molecule has 0 amide bonds. The third kappa shape index (κ3) is 10.6. The maximum Gasteiger partial charge on any atom is 0.303 e. The summed E-state index contributed by atoms with van der Waals surface area (Å²) in [5, 5.41) is 10.6. The molecule has 174 valence electrons. The molecule has 0 aliphatic heterocycles. The fraction of sp³-hybridized carbons (Fsp3) is 0.414. The van der Waals surface area contributed by atoms with E-state index in [1.165, 1.54) is 28.3 Å². The molecule has 0 aliphatic rings. The highest BCUT2D eigenvalue weighted by molar-refractivity contribution is 5.82. The zero-order valence-corrected chi connectivity index (χ0v) is 20.6. The van der Waals surface area contributed by atoms with Crippen LogP contribution in [0.1, 0.15) is 65.0 Å². The first kappa shape index (κ1) is 27.4. The Hall–Kier alpha value is -2.65. The largest absolute Gasteiger partial charge is 0.481 e. The smallest absolute Gasteiger partial charge is 0.303 e. The van der Waals surface area contributed by atoms with E-state index in [4.69, 9.17) is 5.11 Å². The van der Waals surface area contributed by atoms with Crippen LogP contribution in [-0.4, -0.2) is 22.5 Å². The first-order chi connectivity index (χ1) is 15.5. The summed E-state index contributed by atoms with van der Waals surface area (Å²) in [7, 11) is 0. The molecule has 1 atom stereocenters. The summed E-state index contributed by atoms with van der Waals surface area (Å²) in [5.74, 6) is 0.00617. The van der Waals surface area contributed by atoms with Crippen LogP contribution in [0, 0.1) is 5.92 Å². The molecule has 3 aromatic carbocycles. The number of hydrogen-bond donors (Lipinski definition) is 1. The number of carboxylic acid groups (broad SMARTS) is 1. The summed E-state index contributed by atoms with van der Waals surface area (Å²) < 4.78 is 0. The predicted octanol–water partition coefficient (Wildman–Crippen LogP) is 7.79. The second kappa shape index (κ2) is 16.0. The van der Waals surface area contributed by atoms with Crippen molar-refractivity contribution in [2.75, 3.05) is 6.54 Å². The van der Waals surface area contributed by atoms with E-state index >= 15 is 0 Å². The quantitative estimate of drug-likeness (QED) is 0.373. The van der Waals surface area contributed by atoms with Crippen molar-refractivity contribution in [3.63, 3.8) is 0 Å². The first-order valence-electron chi connectivity index (χ1n) is 12.0. The van der Waals surface area contributed by atoms with Gasteiger partial charge in [-0.25, -0.2) is 0 Å². The molecule has 0 fully saturated rings. The Morgan fingerprint density at radius 3 is 2.00 bits per heavy atom. The van der Waals surface area contributed by atoms with Crippen LogP contribution in [0.4, 0.5) is 0 Å². The minimum absolute atomic E-state index is 0.292. The van der Waals surface area contributed by atoms with Crippen molar-refractivity contribution >= 4 is 16.7 Å². The number of fused-ring (bicyclic) bond motifs is 1. The second-order valence-corrected chi connectivity index (χ2v) is 7.99. The zero-order valence-electron chi connectivity index (χ0n) is 20.6. The lowest BCUT2D eigenvalue weighted by Gasteiger charge is -2.25. The molecule has 3 aromatic rings. The van der Waals surface area contributed by atoms with Crippen LogP contribution in [-0.2, 0) is 17.9 Å². The van der Waals surface area contributed by atoms with Gasteiger partial charge in [0.2, 0.25) is 0 Å². The lowest BCUT2D eigenvalue weighted by Crippen LogP contribution is -2.27. The number of carboxylic acids is 1. The van der Waals surface area contributed by atoms with Crippen LogP contribution >= 0.6 is 0 Å². The maximum absolute atomic E-state index is 9.60. The van der Waals surface area contributed by atoms with Gasteiger partial charge in [-0.3, -0.25) is 9.69 Å². The van der Waals surface area contributed by atoms with Crippen molar-refractivity contribution in [1.29, 1.82) is 0 Å². The van der Waals surface area contributed by atoms with E-state index in [-0.39, 0.29) is 0 Å². The Kier molecular flexibility index (Phi) is 13.7. The summed E-state index contributed by atoms with van der Waals surface area (Å²) in [6, 6.07) is 26.3. The lowest BCUT2D eigenvalue weighted by atomic mass is 10.0. The third-order valence-electron chi connectivity index (χ3n) is 5.20. The van der Waals surface area contributed by atoms with Crippen molar-refractivity contribution in [2.45, 2.75) is 67.0 Å². The second-order valence-electron chi connectivity index (χ2n) is 7.99. The van der Waals surface area contributed by atoms with E-state index in [2.05, 4.69) is 91.5 Å². The number of benzene rings is 3. The summed E-state index contributed by atoms with van der Waals surface area (Å²) in [6.45, 7) is 13.6. The van der Waals surface area contributed by atoms with Gasteiger partial charge < -0.3 is 5.11 Å². The molecule has 0 heterocycles. The maximum atomic E-state index is 9.60. The van der Waals surface area contributed by atoms with Crippen LogP contribution in [0.25, 0.3) is 10.8 Å². The van der Waals surface area contributed by atoms with E-state index in [1.807, 2.05) is 20.8 Å². The van der Waals surface area contributed by atoms with Gasteiger partial charge in [-0.2, -0.15) is 0 Å². The molecule has 0 aliphatic carbocycles. The zero-order chi connectivity index (χ0) is 23.8. The fourth-order valence-electron chi connectivity index (χ4n) is 3.41. The molecule has 0 spiro atoms. The molecule has 0 radical (unpaired) electrons. The Labute approximate surface area is 195 Å². The van der Waals surface area contributed by atoms with Crippen molar-refractivity contribution < 1.29 is 9.90 Å². The van der Waals surface area contributed by atoms with Crippen molar-refractivity contribution in [3.8, 4) is 0 Å². The molecule has 0 bridgehead atoms. The molecule has 3 rings (SSSR count).